The first-order valence-electron chi connectivity index (χ1n) is 9.06. The standard InChI is InChI=1S/C20H20ClN3O2S2.BrH/c21-17-11-10-14(12-19(17)28(22,25)26)18-13-27-20(23-15-6-2-1-3-7-15)24(18)16-8-4-5-9-16;/h1-3,6-7,10-13,16H,4-5,8-9H2,(H2,22,25,26);1H/b23-20+;. The summed E-state index contributed by atoms with van der Waals surface area (Å²) in [6.07, 6.45) is 4.53. The lowest BCUT2D eigenvalue weighted by molar-refractivity contribution is 0.512. The molecule has 0 amide bonds. The number of hydrogen-bond acceptors (Lipinski definition) is 4. The Morgan fingerprint density at radius 1 is 1.10 bits per heavy atom. The Labute approximate surface area is 189 Å². The summed E-state index contributed by atoms with van der Waals surface area (Å²) in [7, 11) is -3.90. The van der Waals surface area contributed by atoms with Crippen molar-refractivity contribution in [3.63, 3.8) is 0 Å². The number of hydrogen-bond donors (Lipinski definition) is 1. The molecule has 1 heterocycles. The van der Waals surface area contributed by atoms with Gasteiger partial charge in [-0.1, -0.05) is 48.7 Å². The molecule has 0 bridgehead atoms. The number of halogens is 2. The number of aromatic nitrogens is 1. The minimum absolute atomic E-state index is 0. The zero-order chi connectivity index (χ0) is 19.7. The topological polar surface area (TPSA) is 77.5 Å². The lowest BCUT2D eigenvalue weighted by Gasteiger charge is -2.16. The molecule has 0 atom stereocenters. The van der Waals surface area contributed by atoms with E-state index in [9.17, 15) is 8.42 Å². The first kappa shape index (κ1) is 22.2. The van der Waals surface area contributed by atoms with Gasteiger partial charge < -0.3 is 4.57 Å². The van der Waals surface area contributed by atoms with E-state index in [0.717, 1.165) is 34.6 Å². The zero-order valence-corrected chi connectivity index (χ0v) is 19.6. The predicted molar refractivity (Wildman–Crippen MR) is 124 cm³/mol. The second-order valence-electron chi connectivity index (χ2n) is 6.85. The van der Waals surface area contributed by atoms with Crippen LogP contribution in [0.2, 0.25) is 5.02 Å². The third-order valence-electron chi connectivity index (χ3n) is 4.95. The second-order valence-corrected chi connectivity index (χ2v) is 9.62. The molecule has 154 valence electrons. The average molecular weight is 515 g/mol. The molecule has 9 heteroatoms. The van der Waals surface area contributed by atoms with Crippen molar-refractivity contribution in [2.24, 2.45) is 10.1 Å². The fourth-order valence-corrected chi connectivity index (χ4v) is 5.68. The third-order valence-corrected chi connectivity index (χ3v) is 7.18. The maximum atomic E-state index is 11.9. The summed E-state index contributed by atoms with van der Waals surface area (Å²) in [6, 6.07) is 15.1. The summed E-state index contributed by atoms with van der Waals surface area (Å²) < 4.78 is 26.0. The molecule has 0 radical (unpaired) electrons. The van der Waals surface area contributed by atoms with Gasteiger partial charge in [-0.15, -0.1) is 28.3 Å². The zero-order valence-electron chi connectivity index (χ0n) is 15.5. The molecule has 2 aromatic carbocycles. The summed E-state index contributed by atoms with van der Waals surface area (Å²) >= 11 is 7.62. The van der Waals surface area contributed by atoms with E-state index in [1.165, 1.54) is 12.8 Å². The van der Waals surface area contributed by atoms with Gasteiger partial charge in [-0.25, -0.2) is 18.5 Å². The molecule has 4 rings (SSSR count). The van der Waals surface area contributed by atoms with Crippen LogP contribution in [0.1, 0.15) is 31.7 Å². The number of benzene rings is 2. The average Bonchev–Trinajstić information content (AvgIpc) is 3.31. The van der Waals surface area contributed by atoms with Crippen molar-refractivity contribution in [3.8, 4) is 11.3 Å². The van der Waals surface area contributed by atoms with Gasteiger partial charge in [0, 0.05) is 17.0 Å². The Morgan fingerprint density at radius 3 is 2.45 bits per heavy atom. The van der Waals surface area contributed by atoms with Crippen molar-refractivity contribution in [1.29, 1.82) is 0 Å². The Bertz CT molecular complexity index is 1170. The Kier molecular flexibility index (Phi) is 7.01. The molecule has 5 nitrogen and oxygen atoms in total. The number of nitrogens with zero attached hydrogens (tertiary/aromatic N) is 2. The van der Waals surface area contributed by atoms with Crippen molar-refractivity contribution in [1.82, 2.24) is 4.57 Å². The van der Waals surface area contributed by atoms with Crippen molar-refractivity contribution in [3.05, 3.63) is 63.7 Å². The van der Waals surface area contributed by atoms with Gasteiger partial charge in [0.05, 0.1) is 16.4 Å². The SMILES string of the molecule is Br.NS(=O)(=O)c1cc(-c2cs/c(=N/c3ccccc3)n2C2CCCC2)ccc1Cl. The first-order valence-corrected chi connectivity index (χ1v) is 11.9. The smallest absolute Gasteiger partial charge is 0.239 e. The largest absolute Gasteiger partial charge is 0.313 e. The number of thiazole rings is 1. The fraction of sp³-hybridized carbons (Fsp3) is 0.250. The van der Waals surface area contributed by atoms with E-state index < -0.39 is 10.0 Å². The molecule has 1 aromatic heterocycles. The maximum Gasteiger partial charge on any atom is 0.239 e. The number of sulfonamides is 1. The van der Waals surface area contributed by atoms with Gasteiger partial charge in [0.25, 0.3) is 0 Å². The lowest BCUT2D eigenvalue weighted by atomic mass is 10.1. The number of para-hydroxylation sites is 1. The molecular formula is C20H21BrClN3O2S2. The molecule has 0 unspecified atom stereocenters. The van der Waals surface area contributed by atoms with E-state index in [-0.39, 0.29) is 26.9 Å². The highest BCUT2D eigenvalue weighted by molar-refractivity contribution is 8.93. The van der Waals surface area contributed by atoms with Crippen LogP contribution in [0.15, 0.2) is 63.8 Å². The molecule has 2 N–H and O–H groups in total. The van der Waals surface area contributed by atoms with Gasteiger partial charge in [-0.3, -0.25) is 0 Å². The summed E-state index contributed by atoms with van der Waals surface area (Å²) in [5, 5.41) is 7.49. The summed E-state index contributed by atoms with van der Waals surface area (Å²) in [4.78, 5) is 5.68. The molecule has 0 saturated heterocycles. The Balaban J connectivity index is 0.00000240. The van der Waals surface area contributed by atoms with Crippen LogP contribution in [0.5, 0.6) is 0 Å². The van der Waals surface area contributed by atoms with Gasteiger partial charge in [0.2, 0.25) is 10.0 Å². The minimum atomic E-state index is -3.90. The van der Waals surface area contributed by atoms with Crippen LogP contribution in [0, 0.1) is 0 Å². The van der Waals surface area contributed by atoms with E-state index >= 15 is 0 Å². The first-order chi connectivity index (χ1) is 13.4. The van der Waals surface area contributed by atoms with Gasteiger partial charge in [-0.2, -0.15) is 0 Å². The van der Waals surface area contributed by atoms with E-state index in [2.05, 4.69) is 4.57 Å². The van der Waals surface area contributed by atoms with Crippen LogP contribution >= 0.6 is 39.9 Å². The molecule has 1 aliphatic rings. The third kappa shape index (κ3) is 4.83. The Hall–Kier alpha value is -1.45. The fourth-order valence-electron chi connectivity index (χ4n) is 3.62. The molecule has 1 fully saturated rings. The maximum absolute atomic E-state index is 11.9. The van der Waals surface area contributed by atoms with Crippen LogP contribution < -0.4 is 9.94 Å². The summed E-state index contributed by atoms with van der Waals surface area (Å²) in [5.74, 6) is 0. The molecule has 0 aliphatic heterocycles. The number of rotatable bonds is 4. The van der Waals surface area contributed by atoms with Crippen LogP contribution in [0.25, 0.3) is 11.3 Å². The van der Waals surface area contributed by atoms with Crippen molar-refractivity contribution < 1.29 is 8.42 Å². The van der Waals surface area contributed by atoms with Crippen molar-refractivity contribution in [2.75, 3.05) is 0 Å². The summed E-state index contributed by atoms with van der Waals surface area (Å²) in [6.45, 7) is 0. The number of nitrogens with two attached hydrogens (primary N) is 1. The van der Waals surface area contributed by atoms with Gasteiger partial charge in [-0.05, 0) is 37.1 Å². The van der Waals surface area contributed by atoms with Gasteiger partial charge in [0.15, 0.2) is 4.80 Å². The molecular weight excluding hydrogens is 494 g/mol. The normalized spacial score (nSPS) is 15.4. The van der Waals surface area contributed by atoms with Crippen LogP contribution in [-0.4, -0.2) is 13.0 Å². The molecule has 3 aromatic rings. The Morgan fingerprint density at radius 2 is 1.79 bits per heavy atom. The highest BCUT2D eigenvalue weighted by Crippen LogP contribution is 2.35. The lowest BCUT2D eigenvalue weighted by Crippen LogP contribution is -2.20. The summed E-state index contributed by atoms with van der Waals surface area (Å²) in [5.41, 5.74) is 2.60. The van der Waals surface area contributed by atoms with Crippen molar-refractivity contribution in [2.45, 2.75) is 36.6 Å². The predicted octanol–water partition coefficient (Wildman–Crippen LogP) is 5.44. The number of primary sulfonamides is 1. The quantitative estimate of drug-likeness (QED) is 0.503. The highest BCUT2D eigenvalue weighted by Gasteiger charge is 2.23. The van der Waals surface area contributed by atoms with E-state index in [1.54, 1.807) is 23.5 Å². The van der Waals surface area contributed by atoms with E-state index in [4.69, 9.17) is 21.7 Å². The van der Waals surface area contributed by atoms with Crippen LogP contribution in [0.3, 0.4) is 0 Å². The van der Waals surface area contributed by atoms with Crippen molar-refractivity contribution >= 4 is 55.6 Å². The molecule has 1 saturated carbocycles. The van der Waals surface area contributed by atoms with Crippen LogP contribution in [-0.2, 0) is 10.0 Å². The monoisotopic (exact) mass is 513 g/mol. The van der Waals surface area contributed by atoms with Gasteiger partial charge >= 0.3 is 0 Å². The minimum Gasteiger partial charge on any atom is -0.313 e. The van der Waals surface area contributed by atoms with Gasteiger partial charge in [0.1, 0.15) is 4.90 Å². The van der Waals surface area contributed by atoms with E-state index in [1.807, 2.05) is 41.8 Å². The highest BCUT2D eigenvalue weighted by atomic mass is 79.9. The molecule has 1 aliphatic carbocycles. The molecule has 29 heavy (non-hydrogen) atoms. The van der Waals surface area contributed by atoms with Crippen LogP contribution in [0.4, 0.5) is 5.69 Å². The van der Waals surface area contributed by atoms with E-state index in [0.29, 0.717) is 6.04 Å². The molecule has 0 spiro atoms. The second kappa shape index (κ2) is 9.14.